The van der Waals surface area contributed by atoms with Crippen LogP contribution in [0, 0.1) is 0 Å². The van der Waals surface area contributed by atoms with Crippen LogP contribution in [0.1, 0.15) is 239 Å². The molecule has 0 saturated carbocycles. The van der Waals surface area contributed by atoms with Crippen molar-refractivity contribution < 1.29 is 9.59 Å². The Labute approximate surface area is 300 Å². The maximum Gasteiger partial charge on any atom is 0.239 e. The second-order valence-corrected chi connectivity index (χ2v) is 14.7. The molecule has 0 rings (SSSR count). The normalized spacial score (nSPS) is 12.4. The number of carbonyl (C=O) groups is 2. The lowest BCUT2D eigenvalue weighted by Gasteiger charge is -2.15. The van der Waals surface area contributed by atoms with Crippen LogP contribution in [0.5, 0.6) is 0 Å². The molecule has 0 aliphatic carbocycles. The number of primary amides is 1. The standard InChI is InChI=1S/C44H84N2O2/c1-3-5-7-9-11-13-15-17-19-21-23-25-27-29-31-33-35-37-39-41-43(47)46-42(44(45)48)40-38-36-34-32-30-28-26-24-22-20-18-16-14-12-10-8-6-4-2/h17-20,42H,3-16,21-41H2,1-2H3,(H2,45,48)(H,46,47)/b19-17-,20-18-. The van der Waals surface area contributed by atoms with Crippen LogP contribution in [-0.2, 0) is 9.59 Å². The van der Waals surface area contributed by atoms with Crippen LogP contribution in [0.25, 0.3) is 0 Å². The van der Waals surface area contributed by atoms with Crippen LogP contribution < -0.4 is 11.1 Å². The first-order valence-electron chi connectivity index (χ1n) is 21.5. The molecule has 1 atom stereocenters. The van der Waals surface area contributed by atoms with E-state index in [1.807, 2.05) is 0 Å². The molecule has 0 aliphatic rings. The summed E-state index contributed by atoms with van der Waals surface area (Å²) in [4.78, 5) is 24.3. The number of carbonyl (C=O) groups excluding carboxylic acids is 2. The minimum atomic E-state index is -0.512. The molecule has 48 heavy (non-hydrogen) atoms. The maximum absolute atomic E-state index is 12.4. The fourth-order valence-corrected chi connectivity index (χ4v) is 6.56. The van der Waals surface area contributed by atoms with Gasteiger partial charge in [-0.25, -0.2) is 0 Å². The summed E-state index contributed by atoms with van der Waals surface area (Å²) >= 11 is 0. The van der Waals surface area contributed by atoms with Crippen molar-refractivity contribution in [3.05, 3.63) is 24.3 Å². The van der Waals surface area contributed by atoms with E-state index in [0.29, 0.717) is 12.8 Å². The van der Waals surface area contributed by atoms with E-state index in [2.05, 4.69) is 43.5 Å². The zero-order valence-corrected chi connectivity index (χ0v) is 32.5. The van der Waals surface area contributed by atoms with E-state index >= 15 is 0 Å². The lowest BCUT2D eigenvalue weighted by molar-refractivity contribution is -0.127. The van der Waals surface area contributed by atoms with Gasteiger partial charge in [0.15, 0.2) is 0 Å². The molecule has 0 aromatic carbocycles. The molecule has 0 heterocycles. The highest BCUT2D eigenvalue weighted by Gasteiger charge is 2.17. The number of hydrogen-bond donors (Lipinski definition) is 2. The summed E-state index contributed by atoms with van der Waals surface area (Å²) in [5, 5.41) is 2.91. The number of nitrogens with one attached hydrogen (secondary N) is 1. The van der Waals surface area contributed by atoms with Crippen LogP contribution >= 0.6 is 0 Å². The zero-order chi connectivity index (χ0) is 35.0. The highest BCUT2D eigenvalue weighted by molar-refractivity contribution is 5.86. The van der Waals surface area contributed by atoms with Gasteiger partial charge in [0, 0.05) is 6.42 Å². The molecule has 0 fully saturated rings. The minimum absolute atomic E-state index is 0.0166. The number of nitrogens with two attached hydrogens (primary N) is 1. The van der Waals surface area contributed by atoms with Gasteiger partial charge < -0.3 is 11.1 Å². The van der Waals surface area contributed by atoms with Crippen molar-refractivity contribution in [2.45, 2.75) is 245 Å². The summed E-state index contributed by atoms with van der Waals surface area (Å²) in [6.07, 6.45) is 53.2. The topological polar surface area (TPSA) is 72.2 Å². The molecule has 0 radical (unpaired) electrons. The Morgan fingerprint density at radius 1 is 0.438 bits per heavy atom. The van der Waals surface area contributed by atoms with Gasteiger partial charge in [-0.15, -0.1) is 0 Å². The van der Waals surface area contributed by atoms with Gasteiger partial charge in [-0.3, -0.25) is 9.59 Å². The van der Waals surface area contributed by atoms with Gasteiger partial charge in [-0.2, -0.15) is 0 Å². The molecule has 0 aromatic heterocycles. The molecule has 0 spiro atoms. The maximum atomic E-state index is 12.4. The van der Waals surface area contributed by atoms with E-state index in [1.54, 1.807) is 0 Å². The summed E-state index contributed by atoms with van der Waals surface area (Å²) in [7, 11) is 0. The lowest BCUT2D eigenvalue weighted by Crippen LogP contribution is -2.44. The number of hydrogen-bond acceptors (Lipinski definition) is 2. The smallest absolute Gasteiger partial charge is 0.239 e. The summed E-state index contributed by atoms with van der Waals surface area (Å²) in [5.74, 6) is -0.411. The van der Waals surface area contributed by atoms with E-state index in [-0.39, 0.29) is 5.91 Å². The van der Waals surface area contributed by atoms with Gasteiger partial charge in [0.25, 0.3) is 0 Å². The number of rotatable bonds is 39. The highest BCUT2D eigenvalue weighted by atomic mass is 16.2. The molecule has 4 heteroatoms. The van der Waals surface area contributed by atoms with Crippen molar-refractivity contribution in [3.8, 4) is 0 Å². The molecule has 0 saturated heterocycles. The molecule has 0 bridgehead atoms. The Morgan fingerprint density at radius 2 is 0.729 bits per heavy atom. The van der Waals surface area contributed by atoms with E-state index < -0.39 is 11.9 Å². The van der Waals surface area contributed by atoms with Crippen LogP contribution in [0.3, 0.4) is 0 Å². The molecule has 2 amide bonds. The fraction of sp³-hybridized carbons (Fsp3) is 0.864. The molecular weight excluding hydrogens is 588 g/mol. The van der Waals surface area contributed by atoms with Gasteiger partial charge in [0.05, 0.1) is 0 Å². The van der Waals surface area contributed by atoms with Crippen LogP contribution in [0.15, 0.2) is 24.3 Å². The Bertz CT molecular complexity index is 731. The second-order valence-electron chi connectivity index (χ2n) is 14.7. The van der Waals surface area contributed by atoms with Crippen LogP contribution in [0.2, 0.25) is 0 Å². The first-order valence-corrected chi connectivity index (χ1v) is 21.5. The third-order valence-corrected chi connectivity index (χ3v) is 9.85. The Morgan fingerprint density at radius 3 is 1.06 bits per heavy atom. The molecular formula is C44H84N2O2. The van der Waals surface area contributed by atoms with Crippen molar-refractivity contribution in [2.75, 3.05) is 0 Å². The fourth-order valence-electron chi connectivity index (χ4n) is 6.56. The largest absolute Gasteiger partial charge is 0.368 e. The predicted octanol–water partition coefficient (Wildman–Crippen LogP) is 13.8. The zero-order valence-electron chi connectivity index (χ0n) is 32.5. The number of unbranched alkanes of at least 4 members (excludes halogenated alkanes) is 29. The van der Waals surface area contributed by atoms with Crippen molar-refractivity contribution in [1.82, 2.24) is 5.32 Å². The second kappa shape index (κ2) is 39.9. The van der Waals surface area contributed by atoms with Gasteiger partial charge in [-0.05, 0) is 64.2 Å². The summed E-state index contributed by atoms with van der Waals surface area (Å²) in [5.41, 5.74) is 5.60. The molecule has 0 aliphatic heterocycles. The lowest BCUT2D eigenvalue weighted by atomic mass is 10.0. The SMILES string of the molecule is CCCCCCCC/C=C\CCCCCCCCCCCC(=O)NC(CCCCCCCCCC/C=C\CCCCCCCC)C(N)=O. The third kappa shape index (κ3) is 37.2. The van der Waals surface area contributed by atoms with Gasteiger partial charge >= 0.3 is 0 Å². The quantitative estimate of drug-likeness (QED) is 0.0504. The number of amides is 2. The summed E-state index contributed by atoms with van der Waals surface area (Å²) in [6.45, 7) is 4.55. The summed E-state index contributed by atoms with van der Waals surface area (Å²) < 4.78 is 0. The van der Waals surface area contributed by atoms with E-state index in [9.17, 15) is 9.59 Å². The predicted molar refractivity (Wildman–Crippen MR) is 212 cm³/mol. The van der Waals surface area contributed by atoms with E-state index in [1.165, 1.54) is 186 Å². The molecule has 3 N–H and O–H groups in total. The molecule has 282 valence electrons. The number of allylic oxidation sites excluding steroid dienone is 4. The first kappa shape index (κ1) is 46.4. The minimum Gasteiger partial charge on any atom is -0.368 e. The van der Waals surface area contributed by atoms with Crippen molar-refractivity contribution in [2.24, 2.45) is 5.73 Å². The average molecular weight is 673 g/mol. The van der Waals surface area contributed by atoms with Crippen molar-refractivity contribution >= 4 is 11.8 Å². The average Bonchev–Trinajstić information content (AvgIpc) is 3.08. The van der Waals surface area contributed by atoms with Crippen molar-refractivity contribution in [3.63, 3.8) is 0 Å². The molecule has 4 nitrogen and oxygen atoms in total. The highest BCUT2D eigenvalue weighted by Crippen LogP contribution is 2.15. The Balaban J connectivity index is 3.53. The Kier molecular flexibility index (Phi) is 38.5. The van der Waals surface area contributed by atoms with E-state index in [0.717, 1.165) is 25.7 Å². The monoisotopic (exact) mass is 673 g/mol. The molecule has 1 unspecified atom stereocenters. The van der Waals surface area contributed by atoms with Gasteiger partial charge in [0.2, 0.25) is 11.8 Å². The van der Waals surface area contributed by atoms with E-state index in [4.69, 9.17) is 5.73 Å². The van der Waals surface area contributed by atoms with Gasteiger partial charge in [0.1, 0.15) is 6.04 Å². The molecule has 0 aromatic rings. The van der Waals surface area contributed by atoms with Gasteiger partial charge in [-0.1, -0.05) is 192 Å². The van der Waals surface area contributed by atoms with Crippen LogP contribution in [0.4, 0.5) is 0 Å². The Hall–Kier alpha value is -1.58. The summed E-state index contributed by atoms with van der Waals surface area (Å²) in [6, 6.07) is -0.512. The third-order valence-electron chi connectivity index (χ3n) is 9.85. The van der Waals surface area contributed by atoms with Crippen LogP contribution in [-0.4, -0.2) is 17.9 Å². The first-order chi connectivity index (χ1) is 23.6. The van der Waals surface area contributed by atoms with Crippen molar-refractivity contribution in [1.29, 1.82) is 0 Å².